The standard InChI is InChI=1S/C22H25ClFN3OS2/c1-4-26(5-2)12-13-27(20(28)14-29-17-8-6-16(24)7-9-17)22-25-21-15(3)18(23)10-11-19(21)30-22/h6-11H,4-5,12-14H2,1-3H3. The van der Waals surface area contributed by atoms with Crippen LogP contribution in [0.15, 0.2) is 41.3 Å². The summed E-state index contributed by atoms with van der Waals surface area (Å²) in [5.41, 5.74) is 1.77. The Morgan fingerprint density at radius 3 is 2.50 bits per heavy atom. The third kappa shape index (κ3) is 5.52. The number of anilines is 1. The molecule has 0 radical (unpaired) electrons. The second kappa shape index (κ2) is 10.6. The second-order valence-corrected chi connectivity index (χ2v) is 9.30. The summed E-state index contributed by atoms with van der Waals surface area (Å²) in [4.78, 5) is 22.8. The third-order valence-corrected chi connectivity index (χ3v) is 7.43. The summed E-state index contributed by atoms with van der Waals surface area (Å²) < 4.78 is 14.1. The molecule has 3 aromatic rings. The molecule has 160 valence electrons. The minimum Gasteiger partial charge on any atom is -0.302 e. The number of carbonyl (C=O) groups excluding carboxylic acids is 1. The number of amides is 1. The molecule has 0 aliphatic carbocycles. The Kier molecular flexibility index (Phi) is 8.11. The van der Waals surface area contributed by atoms with E-state index < -0.39 is 0 Å². The molecule has 1 heterocycles. The molecule has 0 N–H and O–H groups in total. The van der Waals surface area contributed by atoms with Gasteiger partial charge in [-0.1, -0.05) is 36.8 Å². The molecule has 4 nitrogen and oxygen atoms in total. The van der Waals surface area contributed by atoms with Crippen molar-refractivity contribution in [2.24, 2.45) is 0 Å². The quantitative estimate of drug-likeness (QED) is 0.370. The zero-order chi connectivity index (χ0) is 21.7. The van der Waals surface area contributed by atoms with Crippen LogP contribution in [0.25, 0.3) is 10.2 Å². The lowest BCUT2D eigenvalue weighted by atomic mass is 10.2. The van der Waals surface area contributed by atoms with E-state index in [-0.39, 0.29) is 17.5 Å². The molecule has 30 heavy (non-hydrogen) atoms. The van der Waals surface area contributed by atoms with Gasteiger partial charge in [-0.25, -0.2) is 9.37 Å². The molecule has 0 aliphatic rings. The van der Waals surface area contributed by atoms with Gasteiger partial charge in [0.25, 0.3) is 0 Å². The molecule has 0 aliphatic heterocycles. The minimum atomic E-state index is -0.282. The van der Waals surface area contributed by atoms with Crippen LogP contribution in [0.2, 0.25) is 5.02 Å². The van der Waals surface area contributed by atoms with Gasteiger partial charge in [-0.15, -0.1) is 11.8 Å². The molecule has 0 bridgehead atoms. The highest BCUT2D eigenvalue weighted by atomic mass is 35.5. The Labute approximate surface area is 190 Å². The number of fused-ring (bicyclic) bond motifs is 1. The van der Waals surface area contributed by atoms with Gasteiger partial charge in [0.05, 0.1) is 16.0 Å². The van der Waals surface area contributed by atoms with E-state index in [1.807, 2.05) is 19.1 Å². The van der Waals surface area contributed by atoms with Crippen molar-refractivity contribution < 1.29 is 9.18 Å². The van der Waals surface area contributed by atoms with Gasteiger partial charge >= 0.3 is 0 Å². The molecule has 0 saturated heterocycles. The maximum absolute atomic E-state index is 13.2. The van der Waals surface area contributed by atoms with Crippen LogP contribution < -0.4 is 4.90 Å². The molecular weight excluding hydrogens is 441 g/mol. The van der Waals surface area contributed by atoms with Crippen LogP contribution in [-0.4, -0.2) is 47.7 Å². The third-order valence-electron chi connectivity index (χ3n) is 4.98. The van der Waals surface area contributed by atoms with Crippen molar-refractivity contribution in [1.82, 2.24) is 9.88 Å². The van der Waals surface area contributed by atoms with Gasteiger partial charge in [-0.2, -0.15) is 0 Å². The molecule has 0 fully saturated rings. The van der Waals surface area contributed by atoms with Crippen molar-refractivity contribution in [3.63, 3.8) is 0 Å². The lowest BCUT2D eigenvalue weighted by molar-refractivity contribution is -0.116. The topological polar surface area (TPSA) is 36.4 Å². The van der Waals surface area contributed by atoms with Crippen molar-refractivity contribution in [2.45, 2.75) is 25.7 Å². The molecule has 1 aromatic heterocycles. The lowest BCUT2D eigenvalue weighted by Gasteiger charge is -2.24. The number of carbonyl (C=O) groups is 1. The second-order valence-electron chi connectivity index (χ2n) is 6.83. The van der Waals surface area contributed by atoms with E-state index in [1.54, 1.807) is 17.0 Å². The average Bonchev–Trinajstić information content (AvgIpc) is 3.18. The predicted octanol–water partition coefficient (Wildman–Crippen LogP) is 5.86. The average molecular weight is 466 g/mol. The predicted molar refractivity (Wildman–Crippen MR) is 127 cm³/mol. The number of nitrogens with zero attached hydrogens (tertiary/aromatic N) is 3. The first-order valence-electron chi connectivity index (χ1n) is 9.89. The fourth-order valence-corrected chi connectivity index (χ4v) is 5.06. The number of likely N-dealkylation sites (N-methyl/N-ethyl adjacent to an activating group) is 1. The Morgan fingerprint density at radius 2 is 1.83 bits per heavy atom. The van der Waals surface area contributed by atoms with Crippen LogP contribution in [0, 0.1) is 12.7 Å². The molecule has 8 heteroatoms. The maximum atomic E-state index is 13.2. The smallest absolute Gasteiger partial charge is 0.239 e. The van der Waals surface area contributed by atoms with Crippen LogP contribution in [-0.2, 0) is 4.79 Å². The zero-order valence-electron chi connectivity index (χ0n) is 17.3. The van der Waals surface area contributed by atoms with Gasteiger partial charge in [0.15, 0.2) is 5.13 Å². The number of benzene rings is 2. The normalized spacial score (nSPS) is 11.4. The summed E-state index contributed by atoms with van der Waals surface area (Å²) in [6, 6.07) is 10.0. The fourth-order valence-electron chi connectivity index (χ4n) is 3.07. The van der Waals surface area contributed by atoms with Crippen LogP contribution in [0.5, 0.6) is 0 Å². The lowest BCUT2D eigenvalue weighted by Crippen LogP contribution is -2.39. The molecular formula is C22H25ClFN3OS2. The number of hydrogen-bond acceptors (Lipinski definition) is 5. The summed E-state index contributed by atoms with van der Waals surface area (Å²) in [7, 11) is 0. The molecule has 0 saturated carbocycles. The highest BCUT2D eigenvalue weighted by molar-refractivity contribution is 8.00. The van der Waals surface area contributed by atoms with Crippen molar-refractivity contribution in [1.29, 1.82) is 0 Å². The van der Waals surface area contributed by atoms with Crippen LogP contribution in [0.4, 0.5) is 9.52 Å². The summed E-state index contributed by atoms with van der Waals surface area (Å²) in [5, 5.41) is 1.36. The first-order valence-corrected chi connectivity index (χ1v) is 12.1. The number of halogens is 2. The van der Waals surface area contributed by atoms with Crippen molar-refractivity contribution in [2.75, 3.05) is 36.8 Å². The van der Waals surface area contributed by atoms with E-state index in [4.69, 9.17) is 16.6 Å². The summed E-state index contributed by atoms with van der Waals surface area (Å²) in [6.45, 7) is 9.37. The summed E-state index contributed by atoms with van der Waals surface area (Å²) >= 11 is 9.16. The molecule has 3 rings (SSSR count). The first-order chi connectivity index (χ1) is 14.4. The van der Waals surface area contributed by atoms with Gasteiger partial charge in [0, 0.05) is 23.0 Å². The van der Waals surface area contributed by atoms with E-state index in [1.165, 1.54) is 35.2 Å². The van der Waals surface area contributed by atoms with E-state index in [0.717, 1.165) is 40.3 Å². The summed E-state index contributed by atoms with van der Waals surface area (Å²) in [5.74, 6) is -0.0335. The Balaban J connectivity index is 1.83. The van der Waals surface area contributed by atoms with Gasteiger partial charge in [-0.3, -0.25) is 9.69 Å². The number of hydrogen-bond donors (Lipinski definition) is 0. The molecule has 0 spiro atoms. The van der Waals surface area contributed by atoms with Crippen LogP contribution >= 0.6 is 34.7 Å². The number of thiazole rings is 1. The van der Waals surface area contributed by atoms with Crippen LogP contribution in [0.1, 0.15) is 19.4 Å². The number of rotatable bonds is 9. The minimum absolute atomic E-state index is 0.0145. The first kappa shape index (κ1) is 23.0. The van der Waals surface area contributed by atoms with Crippen molar-refractivity contribution in [3.05, 3.63) is 52.8 Å². The van der Waals surface area contributed by atoms with Gasteiger partial charge in [0.2, 0.25) is 5.91 Å². The number of thioether (sulfide) groups is 1. The molecule has 0 atom stereocenters. The fraction of sp³-hybridized carbons (Fsp3) is 0.364. The van der Waals surface area contributed by atoms with Crippen molar-refractivity contribution in [3.8, 4) is 0 Å². The monoisotopic (exact) mass is 465 g/mol. The SMILES string of the molecule is CCN(CC)CCN(C(=O)CSc1ccc(F)cc1)c1nc2c(C)c(Cl)ccc2s1. The van der Waals surface area contributed by atoms with E-state index in [0.29, 0.717) is 16.7 Å². The van der Waals surface area contributed by atoms with E-state index >= 15 is 0 Å². The molecule has 2 aromatic carbocycles. The van der Waals surface area contributed by atoms with Crippen molar-refractivity contribution >= 4 is 56.0 Å². The number of aromatic nitrogens is 1. The summed E-state index contributed by atoms with van der Waals surface area (Å²) in [6.07, 6.45) is 0. The maximum Gasteiger partial charge on any atom is 0.239 e. The Bertz CT molecular complexity index is 1010. The van der Waals surface area contributed by atoms with E-state index in [2.05, 4.69) is 18.7 Å². The number of aryl methyl sites for hydroxylation is 1. The Hall–Kier alpha value is -1.67. The largest absolute Gasteiger partial charge is 0.302 e. The zero-order valence-corrected chi connectivity index (χ0v) is 19.7. The van der Waals surface area contributed by atoms with Gasteiger partial charge in [0.1, 0.15) is 5.82 Å². The highest BCUT2D eigenvalue weighted by Crippen LogP contribution is 2.34. The van der Waals surface area contributed by atoms with E-state index in [9.17, 15) is 9.18 Å². The molecule has 1 amide bonds. The molecule has 0 unspecified atom stereocenters. The van der Waals surface area contributed by atoms with Crippen LogP contribution in [0.3, 0.4) is 0 Å². The van der Waals surface area contributed by atoms with Gasteiger partial charge in [-0.05, 0) is 62.0 Å². The highest BCUT2D eigenvalue weighted by Gasteiger charge is 2.21. The Morgan fingerprint density at radius 1 is 1.13 bits per heavy atom. The van der Waals surface area contributed by atoms with Gasteiger partial charge < -0.3 is 4.90 Å².